The molecule has 188 valence electrons. The number of fused-ring (bicyclic) bond motifs is 1. The van der Waals surface area contributed by atoms with Crippen molar-refractivity contribution in [1.29, 1.82) is 0 Å². The van der Waals surface area contributed by atoms with Crippen molar-refractivity contribution in [3.63, 3.8) is 0 Å². The fourth-order valence-corrected chi connectivity index (χ4v) is 4.79. The van der Waals surface area contributed by atoms with E-state index in [0.29, 0.717) is 17.5 Å². The van der Waals surface area contributed by atoms with Crippen molar-refractivity contribution in [3.8, 4) is 0 Å². The average molecular weight is 506 g/mol. The molecule has 0 saturated heterocycles. The minimum absolute atomic E-state index is 0.0182. The van der Waals surface area contributed by atoms with Gasteiger partial charge in [-0.25, -0.2) is 18.0 Å². The van der Waals surface area contributed by atoms with Gasteiger partial charge in [0.2, 0.25) is 0 Å². The molecule has 0 saturated carbocycles. The van der Waals surface area contributed by atoms with Crippen LogP contribution in [0.1, 0.15) is 64.4 Å². The number of aliphatic imine (C=N–C) groups is 1. The molecule has 12 heteroatoms. The molecule has 0 aliphatic carbocycles. The van der Waals surface area contributed by atoms with Crippen molar-refractivity contribution in [2.24, 2.45) is 4.99 Å². The van der Waals surface area contributed by atoms with Crippen LogP contribution >= 0.6 is 0 Å². The summed E-state index contributed by atoms with van der Waals surface area (Å²) in [5, 5.41) is 0. The van der Waals surface area contributed by atoms with Gasteiger partial charge in [0.1, 0.15) is 18.1 Å². The Balaban J connectivity index is 1.60. The zero-order valence-corrected chi connectivity index (χ0v) is 20.5. The highest BCUT2D eigenvalue weighted by Gasteiger charge is 2.30. The van der Waals surface area contributed by atoms with Crippen LogP contribution in [0.3, 0.4) is 0 Å². The van der Waals surface area contributed by atoms with E-state index < -0.39 is 27.9 Å². The van der Waals surface area contributed by atoms with Crippen molar-refractivity contribution in [3.05, 3.63) is 52.3 Å². The molecule has 0 bridgehead atoms. The number of carbonyl (C=O) groups excluding carboxylic acids is 3. The summed E-state index contributed by atoms with van der Waals surface area (Å²) in [6.07, 6.45) is 0.332. The number of sulfonamides is 1. The number of amidine groups is 1. The Labute approximate surface area is 202 Å². The van der Waals surface area contributed by atoms with Gasteiger partial charge in [-0.1, -0.05) is 12.1 Å². The summed E-state index contributed by atoms with van der Waals surface area (Å²) in [5.74, 6) is -1.58. The van der Waals surface area contributed by atoms with Crippen LogP contribution in [0, 0.1) is 6.92 Å². The maximum atomic E-state index is 12.4. The van der Waals surface area contributed by atoms with Crippen molar-refractivity contribution >= 4 is 33.8 Å². The van der Waals surface area contributed by atoms with Crippen LogP contribution in [0.25, 0.3) is 0 Å². The molecule has 1 aromatic heterocycles. The molecule has 1 aliphatic heterocycles. The maximum absolute atomic E-state index is 12.4. The lowest BCUT2D eigenvalue weighted by Crippen LogP contribution is -2.22. The number of nitrogens with zero attached hydrogens (tertiary/aromatic N) is 1. The fourth-order valence-electron chi connectivity index (χ4n) is 3.54. The Hall–Kier alpha value is -3.67. The molecule has 0 fully saturated rings. The fraction of sp³-hybridized carbons (Fsp3) is 0.391. The van der Waals surface area contributed by atoms with Crippen LogP contribution < -0.4 is 4.72 Å². The molecular formula is C23H27N3O8S. The lowest BCUT2D eigenvalue weighted by molar-refractivity contribution is -0.145. The number of carbonyl (C=O) groups is 3. The van der Waals surface area contributed by atoms with E-state index in [1.807, 2.05) is 0 Å². The first-order chi connectivity index (χ1) is 16.7. The van der Waals surface area contributed by atoms with Gasteiger partial charge in [-0.05, 0) is 44.9 Å². The number of rotatable bonds is 10. The minimum atomic E-state index is -3.62. The molecule has 2 heterocycles. The van der Waals surface area contributed by atoms with Gasteiger partial charge >= 0.3 is 17.9 Å². The number of nitrogens with one attached hydrogen (secondary N) is 2. The second kappa shape index (κ2) is 11.2. The molecule has 0 atom stereocenters. The molecule has 11 nitrogen and oxygen atoms in total. The van der Waals surface area contributed by atoms with Gasteiger partial charge in [-0.3, -0.25) is 14.5 Å². The largest absolute Gasteiger partial charge is 0.462 e. The summed E-state index contributed by atoms with van der Waals surface area (Å²) < 4.78 is 42.0. The lowest BCUT2D eigenvalue weighted by atomic mass is 10.1. The number of aromatic nitrogens is 1. The highest BCUT2D eigenvalue weighted by molar-refractivity contribution is 7.90. The Morgan fingerprint density at radius 2 is 1.69 bits per heavy atom. The number of hydrogen-bond acceptors (Lipinski definition) is 9. The molecule has 2 N–H and O–H groups in total. The Bertz CT molecular complexity index is 1260. The Morgan fingerprint density at radius 3 is 2.40 bits per heavy atom. The van der Waals surface area contributed by atoms with Crippen LogP contribution in [-0.2, 0) is 35.6 Å². The Kier molecular flexibility index (Phi) is 8.28. The van der Waals surface area contributed by atoms with Crippen molar-refractivity contribution in [1.82, 2.24) is 9.71 Å². The highest BCUT2D eigenvalue weighted by atomic mass is 32.2. The normalized spacial score (nSPS) is 14.8. The number of H-pyrrole nitrogens is 1. The number of ether oxygens (including phenoxy) is 3. The van der Waals surface area contributed by atoms with E-state index in [1.165, 1.54) is 6.07 Å². The summed E-state index contributed by atoms with van der Waals surface area (Å²) in [7, 11) is -3.62. The monoisotopic (exact) mass is 505 g/mol. The topological polar surface area (TPSA) is 153 Å². The molecule has 0 spiro atoms. The third-order valence-electron chi connectivity index (χ3n) is 5.14. The first-order valence-electron chi connectivity index (χ1n) is 11.1. The van der Waals surface area contributed by atoms with Crippen molar-refractivity contribution in [2.45, 2.75) is 45.1 Å². The van der Waals surface area contributed by atoms with E-state index in [2.05, 4.69) is 14.7 Å². The second-order valence-electron chi connectivity index (χ2n) is 7.52. The lowest BCUT2D eigenvalue weighted by Gasteiger charge is -2.07. The van der Waals surface area contributed by atoms with E-state index in [0.717, 1.165) is 0 Å². The van der Waals surface area contributed by atoms with Crippen LogP contribution in [-0.4, -0.2) is 56.9 Å². The van der Waals surface area contributed by atoms with E-state index >= 15 is 0 Å². The molecule has 0 unspecified atom stereocenters. The van der Waals surface area contributed by atoms with Crippen molar-refractivity contribution in [2.75, 3.05) is 19.8 Å². The highest BCUT2D eigenvalue weighted by Crippen LogP contribution is 2.23. The molecular weight excluding hydrogens is 478 g/mol. The van der Waals surface area contributed by atoms with E-state index in [1.54, 1.807) is 39.0 Å². The number of hydrogen-bond donors (Lipinski definition) is 2. The summed E-state index contributed by atoms with van der Waals surface area (Å²) in [5.41, 5.74) is 1.29. The predicted molar refractivity (Wildman–Crippen MR) is 125 cm³/mol. The molecule has 2 aromatic rings. The van der Waals surface area contributed by atoms with Crippen LogP contribution in [0.15, 0.2) is 34.2 Å². The van der Waals surface area contributed by atoms with Crippen LogP contribution in [0.4, 0.5) is 0 Å². The Morgan fingerprint density at radius 1 is 1.00 bits per heavy atom. The zero-order valence-electron chi connectivity index (χ0n) is 19.7. The van der Waals surface area contributed by atoms with E-state index in [-0.39, 0.29) is 60.5 Å². The summed E-state index contributed by atoms with van der Waals surface area (Å²) in [4.78, 5) is 44.1. The minimum Gasteiger partial charge on any atom is -0.462 e. The molecule has 3 rings (SSSR count). The second-order valence-corrected chi connectivity index (χ2v) is 9.17. The maximum Gasteiger partial charge on any atom is 0.355 e. The molecule has 1 aliphatic rings. The first kappa shape index (κ1) is 25.9. The van der Waals surface area contributed by atoms with Gasteiger partial charge in [0.25, 0.3) is 10.0 Å². The van der Waals surface area contributed by atoms with E-state index in [9.17, 15) is 22.8 Å². The van der Waals surface area contributed by atoms with Crippen LogP contribution in [0.2, 0.25) is 0 Å². The van der Waals surface area contributed by atoms with E-state index in [4.69, 9.17) is 14.2 Å². The van der Waals surface area contributed by atoms with Gasteiger partial charge in [0, 0.05) is 18.5 Å². The molecule has 35 heavy (non-hydrogen) atoms. The summed E-state index contributed by atoms with van der Waals surface area (Å²) in [6, 6.07) is 6.50. The molecule has 0 amide bonds. The number of benzene rings is 1. The summed E-state index contributed by atoms with van der Waals surface area (Å²) in [6.45, 7) is 5.13. The summed E-state index contributed by atoms with van der Waals surface area (Å²) >= 11 is 0. The van der Waals surface area contributed by atoms with Crippen molar-refractivity contribution < 1.29 is 37.0 Å². The third-order valence-corrected chi connectivity index (χ3v) is 6.53. The van der Waals surface area contributed by atoms with Gasteiger partial charge in [0.15, 0.2) is 0 Å². The number of esters is 3. The standard InChI is InChI=1S/C23H27N3O8S/c1-4-32-22(28)19-14(3)20(23(29)33-5-2)25-16(19)13-34-18(27)11-8-12-24-21-15-9-6-7-10-17(15)35(30,31)26-21/h6-7,9-10,25H,4-5,8,11-13H2,1-3H3,(H,24,26). The smallest absolute Gasteiger partial charge is 0.355 e. The molecule has 0 radical (unpaired) electrons. The number of aromatic amines is 1. The predicted octanol–water partition coefficient (Wildman–Crippen LogP) is 2.24. The average Bonchev–Trinajstić information content (AvgIpc) is 3.29. The van der Waals surface area contributed by atoms with Gasteiger partial charge in [-0.15, -0.1) is 0 Å². The van der Waals surface area contributed by atoms with Crippen LogP contribution in [0.5, 0.6) is 0 Å². The van der Waals surface area contributed by atoms with Gasteiger partial charge in [0.05, 0.1) is 29.4 Å². The molecule has 1 aromatic carbocycles. The quantitative estimate of drug-likeness (QED) is 0.283. The van der Waals surface area contributed by atoms with Gasteiger partial charge in [-0.2, -0.15) is 0 Å². The SMILES string of the molecule is CCOC(=O)c1[nH]c(COC(=O)CCCN=C2NS(=O)(=O)c3ccccc32)c(C(=O)OCC)c1C. The zero-order chi connectivity index (χ0) is 25.6. The third kappa shape index (κ3) is 5.88. The first-order valence-corrected chi connectivity index (χ1v) is 12.6. The van der Waals surface area contributed by atoms with Gasteiger partial charge < -0.3 is 19.2 Å².